The van der Waals surface area contributed by atoms with Crippen molar-refractivity contribution in [2.24, 2.45) is 0 Å². The van der Waals surface area contributed by atoms with Crippen molar-refractivity contribution in [1.82, 2.24) is 24.8 Å². The molecule has 0 saturated carbocycles. The van der Waals surface area contributed by atoms with E-state index in [1.165, 1.54) is 0 Å². The SMILES string of the molecule is Cc1ccc(C)c(NC(=O)CCN2C(=S)N[C@@H](c3ccccn3)[C@@H]2c2cc(C)n(-c3ncccc3C)c2C)c1. The predicted octanol–water partition coefficient (Wildman–Crippen LogP) is 5.81. The maximum atomic E-state index is 13.1. The van der Waals surface area contributed by atoms with E-state index in [0.717, 1.165) is 50.8 Å². The summed E-state index contributed by atoms with van der Waals surface area (Å²) in [5, 5.41) is 7.21. The lowest BCUT2D eigenvalue weighted by molar-refractivity contribution is -0.116. The first-order valence-corrected chi connectivity index (χ1v) is 13.6. The Morgan fingerprint density at radius 1 is 0.974 bits per heavy atom. The van der Waals surface area contributed by atoms with Crippen molar-refractivity contribution in [2.75, 3.05) is 11.9 Å². The normalized spacial score (nSPS) is 16.8. The Balaban J connectivity index is 1.48. The molecule has 0 aliphatic carbocycles. The molecule has 0 spiro atoms. The van der Waals surface area contributed by atoms with E-state index in [2.05, 4.69) is 63.0 Å². The van der Waals surface area contributed by atoms with Gasteiger partial charge in [-0.1, -0.05) is 24.3 Å². The fourth-order valence-corrected chi connectivity index (χ4v) is 5.75. The van der Waals surface area contributed by atoms with E-state index in [-0.39, 0.29) is 18.0 Å². The van der Waals surface area contributed by atoms with E-state index >= 15 is 0 Å². The maximum absolute atomic E-state index is 13.1. The Bertz CT molecular complexity index is 1530. The number of nitrogens with zero attached hydrogens (tertiary/aromatic N) is 4. The van der Waals surface area contributed by atoms with E-state index in [9.17, 15) is 4.79 Å². The van der Waals surface area contributed by atoms with Gasteiger partial charge in [-0.2, -0.15) is 0 Å². The average Bonchev–Trinajstić information content (AvgIpc) is 3.40. The zero-order valence-corrected chi connectivity index (χ0v) is 23.8. The Labute approximate surface area is 235 Å². The summed E-state index contributed by atoms with van der Waals surface area (Å²) < 4.78 is 2.20. The maximum Gasteiger partial charge on any atom is 0.226 e. The summed E-state index contributed by atoms with van der Waals surface area (Å²) >= 11 is 5.85. The van der Waals surface area contributed by atoms with E-state index in [0.29, 0.717) is 18.1 Å². The molecule has 1 aliphatic rings. The second kappa shape index (κ2) is 11.0. The lowest BCUT2D eigenvalue weighted by Gasteiger charge is -2.28. The van der Waals surface area contributed by atoms with Crippen molar-refractivity contribution in [3.05, 3.63) is 106 Å². The molecule has 1 aliphatic heterocycles. The minimum absolute atomic E-state index is 0.0406. The van der Waals surface area contributed by atoms with Crippen LogP contribution in [0.25, 0.3) is 5.82 Å². The second-order valence-electron chi connectivity index (χ2n) is 10.2. The van der Waals surface area contributed by atoms with Gasteiger partial charge >= 0.3 is 0 Å². The van der Waals surface area contributed by atoms with Crippen molar-refractivity contribution < 1.29 is 4.79 Å². The number of aryl methyl sites for hydroxylation is 4. The van der Waals surface area contributed by atoms with Crippen LogP contribution in [0.5, 0.6) is 0 Å². The number of amides is 1. The molecule has 0 bridgehead atoms. The fourth-order valence-electron chi connectivity index (χ4n) is 5.41. The largest absolute Gasteiger partial charge is 0.352 e. The van der Waals surface area contributed by atoms with E-state index < -0.39 is 0 Å². The van der Waals surface area contributed by atoms with Crippen molar-refractivity contribution >= 4 is 28.9 Å². The topological polar surface area (TPSA) is 75.1 Å². The van der Waals surface area contributed by atoms with Gasteiger partial charge < -0.3 is 20.1 Å². The number of carbonyl (C=O) groups is 1. The van der Waals surface area contributed by atoms with Crippen molar-refractivity contribution in [3.63, 3.8) is 0 Å². The summed E-state index contributed by atoms with van der Waals surface area (Å²) in [7, 11) is 0. The highest BCUT2D eigenvalue weighted by molar-refractivity contribution is 7.80. The van der Waals surface area contributed by atoms with Gasteiger partial charge in [-0.3, -0.25) is 9.78 Å². The Morgan fingerprint density at radius 3 is 2.51 bits per heavy atom. The molecule has 4 aromatic rings. The molecule has 7 nitrogen and oxygen atoms in total. The minimum Gasteiger partial charge on any atom is -0.352 e. The molecule has 8 heteroatoms. The molecule has 1 aromatic carbocycles. The third kappa shape index (κ3) is 5.29. The van der Waals surface area contributed by atoms with E-state index in [1.807, 2.05) is 62.5 Å². The molecule has 3 aromatic heterocycles. The number of carbonyl (C=O) groups excluding carboxylic acids is 1. The first-order chi connectivity index (χ1) is 18.7. The standard InChI is InChI=1S/C31H34N6OS/c1-19-11-12-20(2)26(17-19)34-27(38)13-16-36-29(28(35-31(36)39)25-10-6-7-14-32-25)24-18-22(4)37(23(24)5)30-21(3)9-8-15-33-30/h6-12,14-15,17-18,28-29H,13,16H2,1-5H3,(H,34,38)(H,35,39)/t28-,29-/m0/s1. The van der Waals surface area contributed by atoms with Gasteiger partial charge in [-0.15, -0.1) is 0 Å². The molecular weight excluding hydrogens is 504 g/mol. The number of rotatable bonds is 7. The van der Waals surface area contributed by atoms with Crippen LogP contribution in [0, 0.1) is 34.6 Å². The van der Waals surface area contributed by atoms with Crippen LogP contribution in [-0.2, 0) is 4.79 Å². The van der Waals surface area contributed by atoms with Gasteiger partial charge in [-0.05, 0) is 99.4 Å². The first kappa shape index (κ1) is 26.6. The summed E-state index contributed by atoms with van der Waals surface area (Å²) in [5.41, 5.74) is 8.33. The third-order valence-electron chi connectivity index (χ3n) is 7.43. The van der Waals surface area contributed by atoms with Gasteiger partial charge in [0.25, 0.3) is 0 Å². The molecule has 4 heterocycles. The predicted molar refractivity (Wildman–Crippen MR) is 159 cm³/mol. The quantitative estimate of drug-likeness (QED) is 0.289. The van der Waals surface area contributed by atoms with Crippen LogP contribution in [0.1, 0.15) is 57.8 Å². The molecule has 0 unspecified atom stereocenters. The second-order valence-corrected chi connectivity index (χ2v) is 10.6. The third-order valence-corrected chi connectivity index (χ3v) is 7.78. The number of benzene rings is 1. The van der Waals surface area contributed by atoms with Crippen LogP contribution in [-0.4, -0.2) is 37.0 Å². The van der Waals surface area contributed by atoms with Crippen LogP contribution >= 0.6 is 12.2 Å². The van der Waals surface area contributed by atoms with Crippen molar-refractivity contribution in [1.29, 1.82) is 0 Å². The summed E-state index contributed by atoms with van der Waals surface area (Å²) in [5.74, 6) is 0.877. The highest BCUT2D eigenvalue weighted by Crippen LogP contribution is 2.41. The van der Waals surface area contributed by atoms with E-state index in [4.69, 9.17) is 12.2 Å². The monoisotopic (exact) mass is 538 g/mol. The molecule has 2 N–H and O–H groups in total. The Kier molecular flexibility index (Phi) is 7.48. The van der Waals surface area contributed by atoms with Gasteiger partial charge in [0.05, 0.1) is 17.8 Å². The van der Waals surface area contributed by atoms with Crippen LogP contribution in [0.15, 0.2) is 67.0 Å². The average molecular weight is 539 g/mol. The Morgan fingerprint density at radius 2 is 1.77 bits per heavy atom. The number of aromatic nitrogens is 3. The minimum atomic E-state index is -0.153. The summed E-state index contributed by atoms with van der Waals surface area (Å²) in [6.07, 6.45) is 3.93. The number of hydrogen-bond donors (Lipinski definition) is 2. The molecule has 2 atom stereocenters. The molecular formula is C31H34N6OS. The van der Waals surface area contributed by atoms with Crippen molar-refractivity contribution in [2.45, 2.75) is 53.1 Å². The highest BCUT2D eigenvalue weighted by atomic mass is 32.1. The summed E-state index contributed by atoms with van der Waals surface area (Å²) in [6.45, 7) is 10.8. The van der Waals surface area contributed by atoms with Gasteiger partial charge in [0.15, 0.2) is 5.11 Å². The number of pyridine rings is 2. The van der Waals surface area contributed by atoms with Crippen LogP contribution < -0.4 is 10.6 Å². The summed E-state index contributed by atoms with van der Waals surface area (Å²) in [6, 6.07) is 18.0. The van der Waals surface area contributed by atoms with Crippen LogP contribution in [0.3, 0.4) is 0 Å². The molecule has 1 saturated heterocycles. The highest BCUT2D eigenvalue weighted by Gasteiger charge is 2.41. The first-order valence-electron chi connectivity index (χ1n) is 13.2. The summed E-state index contributed by atoms with van der Waals surface area (Å²) in [4.78, 5) is 24.5. The van der Waals surface area contributed by atoms with Gasteiger partial charge in [0.1, 0.15) is 5.82 Å². The zero-order valence-electron chi connectivity index (χ0n) is 23.0. The number of hydrogen-bond acceptors (Lipinski definition) is 4. The lowest BCUT2D eigenvalue weighted by Crippen LogP contribution is -2.33. The van der Waals surface area contributed by atoms with Gasteiger partial charge in [0, 0.05) is 42.4 Å². The molecule has 1 fully saturated rings. The smallest absolute Gasteiger partial charge is 0.226 e. The molecule has 0 radical (unpaired) electrons. The number of anilines is 1. The molecule has 39 heavy (non-hydrogen) atoms. The zero-order chi connectivity index (χ0) is 27.7. The van der Waals surface area contributed by atoms with E-state index in [1.54, 1.807) is 6.20 Å². The number of thiocarbonyl (C=S) groups is 1. The van der Waals surface area contributed by atoms with Gasteiger partial charge in [-0.25, -0.2) is 4.98 Å². The Hall–Kier alpha value is -4.04. The molecule has 200 valence electrons. The lowest BCUT2D eigenvalue weighted by atomic mass is 9.96. The van der Waals surface area contributed by atoms with Crippen LogP contribution in [0.2, 0.25) is 0 Å². The molecule has 5 rings (SSSR count). The van der Waals surface area contributed by atoms with Crippen molar-refractivity contribution in [3.8, 4) is 5.82 Å². The fraction of sp³-hybridized carbons (Fsp3) is 0.290. The molecule has 1 amide bonds. The van der Waals surface area contributed by atoms with Crippen LogP contribution in [0.4, 0.5) is 5.69 Å². The number of nitrogens with one attached hydrogen (secondary N) is 2. The van der Waals surface area contributed by atoms with Gasteiger partial charge in [0.2, 0.25) is 5.91 Å².